The molecule has 0 spiro atoms. The van der Waals surface area contributed by atoms with Gasteiger partial charge in [0.15, 0.2) is 0 Å². The summed E-state index contributed by atoms with van der Waals surface area (Å²) in [4.78, 5) is 8.81. The Hall–Kier alpha value is -2.42. The standard InChI is InChI=1S/C13H16N2.C11H16N2O.C2H6/c1-10(2)15-7-6-13-11(8-14)4-3-5-12(13)9-15;1-13-7-4-10(5-8-13)14-11-3-2-6-12-9-11;1-2/h3-5,10H,6-7,9H2,1-2H3;2-3,6,9-10H,4-5,7-8H2,1H3;1-2H3. The fourth-order valence-corrected chi connectivity index (χ4v) is 3.89. The molecule has 1 aromatic carbocycles. The molecule has 3 heterocycles. The molecule has 0 amide bonds. The van der Waals surface area contributed by atoms with Gasteiger partial charge in [-0.25, -0.2) is 0 Å². The van der Waals surface area contributed by atoms with Crippen LogP contribution in [0, 0.1) is 11.3 Å². The highest BCUT2D eigenvalue weighted by molar-refractivity contribution is 5.44. The maximum atomic E-state index is 9.01. The molecule has 1 fully saturated rings. The SMILES string of the molecule is CC.CC(C)N1CCc2c(C#N)cccc2C1.CN1CCC(Oc2cccnc2)CC1. The molecule has 5 nitrogen and oxygen atoms in total. The third-order valence-electron chi connectivity index (χ3n) is 5.75. The second-order valence-electron chi connectivity index (χ2n) is 8.18. The van der Waals surface area contributed by atoms with Gasteiger partial charge < -0.3 is 9.64 Å². The second-order valence-corrected chi connectivity index (χ2v) is 8.18. The van der Waals surface area contributed by atoms with E-state index in [2.05, 4.69) is 47.8 Å². The fourth-order valence-electron chi connectivity index (χ4n) is 3.89. The lowest BCUT2D eigenvalue weighted by molar-refractivity contribution is 0.114. The fraction of sp³-hybridized carbons (Fsp3) is 0.538. The molecule has 1 saturated heterocycles. The molecule has 0 saturated carbocycles. The van der Waals surface area contributed by atoms with Gasteiger partial charge in [-0.1, -0.05) is 26.0 Å². The van der Waals surface area contributed by atoms with Gasteiger partial charge >= 0.3 is 0 Å². The number of rotatable bonds is 3. The van der Waals surface area contributed by atoms with Crippen molar-refractivity contribution < 1.29 is 4.74 Å². The Balaban J connectivity index is 0.000000204. The number of hydrogen-bond donors (Lipinski definition) is 0. The van der Waals surface area contributed by atoms with Crippen LogP contribution in [0.4, 0.5) is 0 Å². The Labute approximate surface area is 188 Å². The number of nitrogens with zero attached hydrogens (tertiary/aromatic N) is 4. The lowest BCUT2D eigenvalue weighted by Crippen LogP contribution is -2.36. The van der Waals surface area contributed by atoms with Gasteiger partial charge in [-0.3, -0.25) is 9.88 Å². The van der Waals surface area contributed by atoms with E-state index in [1.54, 1.807) is 12.4 Å². The highest BCUT2D eigenvalue weighted by Gasteiger charge is 2.20. The Kier molecular flexibility index (Phi) is 10.5. The van der Waals surface area contributed by atoms with Gasteiger partial charge in [0.05, 0.1) is 17.8 Å². The van der Waals surface area contributed by atoms with Gasteiger partial charge in [-0.05, 0) is 69.5 Å². The van der Waals surface area contributed by atoms with Gasteiger partial charge in [0, 0.05) is 38.4 Å². The zero-order chi connectivity index (χ0) is 22.6. The minimum Gasteiger partial charge on any atom is -0.489 e. The van der Waals surface area contributed by atoms with Crippen molar-refractivity contribution >= 4 is 0 Å². The number of ether oxygens (including phenoxy) is 1. The molecule has 2 aliphatic heterocycles. The van der Waals surface area contributed by atoms with Crippen LogP contribution in [-0.2, 0) is 13.0 Å². The van der Waals surface area contributed by atoms with Gasteiger partial charge in [0.1, 0.15) is 11.9 Å². The van der Waals surface area contributed by atoms with Crippen LogP contribution in [0.3, 0.4) is 0 Å². The molecule has 2 aromatic rings. The highest BCUT2D eigenvalue weighted by Crippen LogP contribution is 2.23. The number of piperidine rings is 1. The molecule has 1 aromatic heterocycles. The molecular formula is C26H38N4O. The molecule has 4 rings (SSSR count). The maximum Gasteiger partial charge on any atom is 0.137 e. The van der Waals surface area contributed by atoms with Crippen molar-refractivity contribution in [1.29, 1.82) is 5.26 Å². The topological polar surface area (TPSA) is 52.4 Å². The van der Waals surface area contributed by atoms with Crippen LogP contribution in [0.5, 0.6) is 5.75 Å². The molecule has 0 radical (unpaired) electrons. The second kappa shape index (κ2) is 13.1. The first kappa shape index (κ1) is 24.8. The summed E-state index contributed by atoms with van der Waals surface area (Å²) in [6.07, 6.45) is 7.16. The van der Waals surface area contributed by atoms with Gasteiger partial charge in [-0.15, -0.1) is 0 Å². The molecule has 31 heavy (non-hydrogen) atoms. The number of hydrogen-bond acceptors (Lipinski definition) is 5. The third kappa shape index (κ3) is 7.65. The van der Waals surface area contributed by atoms with Gasteiger partial charge in [-0.2, -0.15) is 5.26 Å². The zero-order valence-corrected chi connectivity index (χ0v) is 19.8. The molecule has 0 N–H and O–H groups in total. The summed E-state index contributed by atoms with van der Waals surface area (Å²) in [7, 11) is 2.15. The van der Waals surface area contributed by atoms with Crippen molar-refractivity contribution in [2.24, 2.45) is 0 Å². The van der Waals surface area contributed by atoms with Crippen LogP contribution in [-0.4, -0.2) is 53.6 Å². The summed E-state index contributed by atoms with van der Waals surface area (Å²) in [5.41, 5.74) is 3.45. The van der Waals surface area contributed by atoms with Gasteiger partial charge in [0.2, 0.25) is 0 Å². The Bertz CT molecular complexity index is 808. The largest absolute Gasteiger partial charge is 0.489 e. The van der Waals surface area contributed by atoms with Crippen LogP contribution < -0.4 is 4.74 Å². The molecule has 0 unspecified atom stereocenters. The van der Waals surface area contributed by atoms with Crippen LogP contribution in [0.25, 0.3) is 0 Å². The Morgan fingerprint density at radius 1 is 1.10 bits per heavy atom. The summed E-state index contributed by atoms with van der Waals surface area (Å²) in [6, 6.07) is 12.8. The van der Waals surface area contributed by atoms with Crippen molar-refractivity contribution in [3.8, 4) is 11.8 Å². The normalized spacial score (nSPS) is 16.8. The molecule has 168 valence electrons. The maximum absolute atomic E-state index is 9.01. The van der Waals surface area contributed by atoms with E-state index in [1.807, 2.05) is 38.1 Å². The summed E-state index contributed by atoms with van der Waals surface area (Å²) in [5.74, 6) is 0.891. The minimum atomic E-state index is 0.371. The van der Waals surface area contributed by atoms with Crippen molar-refractivity contribution in [3.05, 3.63) is 59.4 Å². The number of nitriles is 1. The molecule has 0 atom stereocenters. The quantitative estimate of drug-likeness (QED) is 0.704. The number of fused-ring (bicyclic) bond motifs is 1. The number of pyridine rings is 1. The molecule has 5 heteroatoms. The Morgan fingerprint density at radius 3 is 2.45 bits per heavy atom. The summed E-state index contributed by atoms with van der Waals surface area (Å²) < 4.78 is 5.81. The minimum absolute atomic E-state index is 0.371. The first-order chi connectivity index (χ1) is 15.1. The smallest absolute Gasteiger partial charge is 0.137 e. The van der Waals surface area contributed by atoms with E-state index in [0.29, 0.717) is 12.1 Å². The van der Waals surface area contributed by atoms with Crippen molar-refractivity contribution in [3.63, 3.8) is 0 Å². The van der Waals surface area contributed by atoms with E-state index in [0.717, 1.165) is 56.8 Å². The summed E-state index contributed by atoms with van der Waals surface area (Å²) in [6.45, 7) is 12.8. The van der Waals surface area contributed by atoms with E-state index < -0.39 is 0 Å². The predicted molar refractivity (Wildman–Crippen MR) is 127 cm³/mol. The summed E-state index contributed by atoms with van der Waals surface area (Å²) in [5, 5.41) is 9.01. The van der Waals surface area contributed by atoms with Crippen LogP contribution in [0.15, 0.2) is 42.7 Å². The lowest BCUT2D eigenvalue weighted by Gasteiger charge is -2.32. The van der Waals surface area contributed by atoms with Crippen LogP contribution in [0.1, 0.15) is 57.2 Å². The van der Waals surface area contributed by atoms with E-state index in [4.69, 9.17) is 10.00 Å². The molecule has 0 bridgehead atoms. The summed E-state index contributed by atoms with van der Waals surface area (Å²) >= 11 is 0. The third-order valence-corrected chi connectivity index (χ3v) is 5.75. The predicted octanol–water partition coefficient (Wildman–Crippen LogP) is 4.91. The number of aromatic nitrogens is 1. The van der Waals surface area contributed by atoms with Crippen molar-refractivity contribution in [2.45, 2.75) is 65.6 Å². The van der Waals surface area contributed by atoms with Crippen LogP contribution >= 0.6 is 0 Å². The van der Waals surface area contributed by atoms with E-state index in [-0.39, 0.29) is 0 Å². The van der Waals surface area contributed by atoms with E-state index in [1.165, 1.54) is 11.1 Å². The lowest BCUT2D eigenvalue weighted by atomic mass is 9.94. The number of likely N-dealkylation sites (tertiary alicyclic amines) is 1. The molecule has 0 aliphatic carbocycles. The van der Waals surface area contributed by atoms with E-state index in [9.17, 15) is 0 Å². The zero-order valence-electron chi connectivity index (χ0n) is 19.8. The first-order valence-electron chi connectivity index (χ1n) is 11.6. The average Bonchev–Trinajstić information content (AvgIpc) is 2.82. The first-order valence-corrected chi connectivity index (χ1v) is 11.6. The average molecular weight is 423 g/mol. The highest BCUT2D eigenvalue weighted by atomic mass is 16.5. The monoisotopic (exact) mass is 422 g/mol. The van der Waals surface area contributed by atoms with Gasteiger partial charge in [0.25, 0.3) is 0 Å². The Morgan fingerprint density at radius 2 is 1.84 bits per heavy atom. The molecular weight excluding hydrogens is 384 g/mol. The molecule has 2 aliphatic rings. The van der Waals surface area contributed by atoms with E-state index >= 15 is 0 Å². The van der Waals surface area contributed by atoms with Crippen molar-refractivity contribution in [2.75, 3.05) is 26.7 Å². The van der Waals surface area contributed by atoms with Crippen LogP contribution in [0.2, 0.25) is 0 Å². The van der Waals surface area contributed by atoms with Crippen molar-refractivity contribution in [1.82, 2.24) is 14.8 Å². The number of benzene rings is 1.